The summed E-state index contributed by atoms with van der Waals surface area (Å²) in [4.78, 5) is 13.9. The first-order valence-corrected chi connectivity index (χ1v) is 6.79. The van der Waals surface area contributed by atoms with E-state index in [9.17, 15) is 10.1 Å². The predicted molar refractivity (Wildman–Crippen MR) is 81.7 cm³/mol. The van der Waals surface area contributed by atoms with Gasteiger partial charge in [-0.25, -0.2) is 4.85 Å². The van der Waals surface area contributed by atoms with Gasteiger partial charge in [0.15, 0.2) is 5.69 Å². The number of fused-ring (bicyclic) bond motifs is 3. The van der Waals surface area contributed by atoms with Crippen molar-refractivity contribution >= 4 is 42.9 Å². The van der Waals surface area contributed by atoms with E-state index in [4.69, 9.17) is 11.8 Å². The molecule has 21 heavy (non-hydrogen) atoms. The molecule has 0 unspecified atom stereocenters. The molecule has 0 amide bonds. The minimum absolute atomic E-state index is 0.0390. The van der Waals surface area contributed by atoms with Crippen molar-refractivity contribution in [3.8, 4) is 6.07 Å². The molecule has 0 aliphatic carbocycles. The smallest absolute Gasteiger partial charge is 0.258 e. The van der Waals surface area contributed by atoms with E-state index in [0.29, 0.717) is 5.69 Å². The first-order chi connectivity index (χ1) is 10.0. The minimum Gasteiger partial charge on any atom is -0.258 e. The molecule has 5 nitrogen and oxygen atoms in total. The third-order valence-corrected chi connectivity index (χ3v) is 4.46. The van der Waals surface area contributed by atoms with Crippen molar-refractivity contribution in [3.05, 3.63) is 56.9 Å². The van der Waals surface area contributed by atoms with Gasteiger partial charge in [0.05, 0.1) is 11.5 Å². The Labute approximate surface area is 123 Å². The fraction of sp³-hybridized carbons (Fsp3) is 0.0667. The lowest BCUT2D eigenvalue weighted by atomic mass is 10.1. The van der Waals surface area contributed by atoms with Crippen LogP contribution in [-0.4, -0.2) is 4.92 Å². The lowest BCUT2D eigenvalue weighted by Crippen LogP contribution is -1.91. The fourth-order valence-corrected chi connectivity index (χ4v) is 3.51. The highest BCUT2D eigenvalue weighted by Gasteiger charge is 2.18. The van der Waals surface area contributed by atoms with Gasteiger partial charge in [0.25, 0.3) is 5.69 Å². The average molecular weight is 293 g/mol. The maximum Gasteiger partial charge on any atom is 0.288 e. The van der Waals surface area contributed by atoms with Gasteiger partial charge in [-0.15, -0.1) is 11.3 Å². The molecule has 0 aliphatic rings. The number of aryl methyl sites for hydroxylation is 1. The summed E-state index contributed by atoms with van der Waals surface area (Å²) in [6.45, 7) is 9.04. The molecule has 0 saturated carbocycles. The van der Waals surface area contributed by atoms with Crippen LogP contribution in [-0.2, 0) is 0 Å². The van der Waals surface area contributed by atoms with Gasteiger partial charge >= 0.3 is 0 Å². The predicted octanol–water partition coefficient (Wildman–Crippen LogP) is 4.69. The lowest BCUT2D eigenvalue weighted by Gasteiger charge is -1.98. The zero-order valence-corrected chi connectivity index (χ0v) is 11.7. The second kappa shape index (κ2) is 4.55. The molecule has 0 aliphatic heterocycles. The molecule has 0 bridgehead atoms. The van der Waals surface area contributed by atoms with Crippen LogP contribution in [0.1, 0.15) is 11.1 Å². The van der Waals surface area contributed by atoms with E-state index >= 15 is 0 Å². The van der Waals surface area contributed by atoms with Gasteiger partial charge in [-0.2, -0.15) is 5.26 Å². The standard InChI is InChI=1S/C15H7N3O2S/c1-8-3-14-11(5-12(8)17-2)10-4-9(7-16)13(18(19)20)6-15(10)21-14/h3-6H,1H3. The molecule has 100 valence electrons. The van der Waals surface area contributed by atoms with Gasteiger partial charge < -0.3 is 0 Å². The number of rotatable bonds is 1. The molecule has 0 radical (unpaired) electrons. The maximum absolute atomic E-state index is 11.0. The Kier molecular flexibility index (Phi) is 2.83. The van der Waals surface area contributed by atoms with Crippen LogP contribution >= 0.6 is 11.3 Å². The van der Waals surface area contributed by atoms with Gasteiger partial charge in [0.1, 0.15) is 11.6 Å². The van der Waals surface area contributed by atoms with Gasteiger partial charge in [-0.1, -0.05) is 6.07 Å². The largest absolute Gasteiger partial charge is 0.288 e. The molecule has 2 aromatic carbocycles. The number of nitro groups is 1. The molecule has 0 atom stereocenters. The van der Waals surface area contributed by atoms with Crippen molar-refractivity contribution < 1.29 is 4.92 Å². The third kappa shape index (κ3) is 1.90. The summed E-state index contributed by atoms with van der Waals surface area (Å²) >= 11 is 1.43. The van der Waals surface area contributed by atoms with Gasteiger partial charge in [-0.3, -0.25) is 10.1 Å². The van der Waals surface area contributed by atoms with Crippen LogP contribution in [0.2, 0.25) is 0 Å². The van der Waals surface area contributed by atoms with Crippen LogP contribution in [0.5, 0.6) is 0 Å². The SMILES string of the molecule is [C-]#[N+]c1cc2c(cc1C)sc1cc([N+](=O)[O-])c(C#N)cc12. The van der Waals surface area contributed by atoms with Crippen molar-refractivity contribution in [3.63, 3.8) is 0 Å². The summed E-state index contributed by atoms with van der Waals surface area (Å²) in [5.74, 6) is 0. The van der Waals surface area contributed by atoms with Crippen LogP contribution in [0.4, 0.5) is 11.4 Å². The summed E-state index contributed by atoms with van der Waals surface area (Å²) in [7, 11) is 0. The van der Waals surface area contributed by atoms with Crippen molar-refractivity contribution in [1.82, 2.24) is 0 Å². The van der Waals surface area contributed by atoms with E-state index in [1.807, 2.05) is 19.1 Å². The van der Waals surface area contributed by atoms with Crippen LogP contribution in [0, 0.1) is 34.9 Å². The van der Waals surface area contributed by atoms with E-state index in [2.05, 4.69) is 4.85 Å². The van der Waals surface area contributed by atoms with E-state index in [1.54, 1.807) is 6.07 Å². The summed E-state index contributed by atoms with van der Waals surface area (Å²) in [5.41, 5.74) is 1.29. The number of thiophene rings is 1. The summed E-state index contributed by atoms with van der Waals surface area (Å²) in [6, 6.07) is 8.53. The third-order valence-electron chi connectivity index (χ3n) is 3.34. The van der Waals surface area contributed by atoms with Gasteiger partial charge in [0.2, 0.25) is 0 Å². The Morgan fingerprint density at radius 1 is 1.29 bits per heavy atom. The Morgan fingerprint density at radius 2 is 1.95 bits per heavy atom. The van der Waals surface area contributed by atoms with Crippen LogP contribution in [0.3, 0.4) is 0 Å². The van der Waals surface area contributed by atoms with Gasteiger partial charge in [-0.05, 0) is 30.0 Å². The molecule has 0 fully saturated rings. The highest BCUT2D eigenvalue weighted by atomic mass is 32.1. The Hall–Kier alpha value is -2.96. The number of nitriles is 1. The molecule has 1 aromatic heterocycles. The van der Waals surface area contributed by atoms with Crippen molar-refractivity contribution in [1.29, 1.82) is 5.26 Å². The number of hydrogen-bond acceptors (Lipinski definition) is 4. The van der Waals surface area contributed by atoms with E-state index in [-0.39, 0.29) is 11.3 Å². The van der Waals surface area contributed by atoms with Gasteiger partial charge in [0, 0.05) is 20.9 Å². The zero-order chi connectivity index (χ0) is 15.1. The van der Waals surface area contributed by atoms with E-state index in [1.165, 1.54) is 23.5 Å². The topological polar surface area (TPSA) is 71.3 Å². The van der Waals surface area contributed by atoms with Crippen molar-refractivity contribution in [2.24, 2.45) is 0 Å². The van der Waals surface area contributed by atoms with E-state index < -0.39 is 4.92 Å². The molecular formula is C15H7N3O2S. The van der Waals surface area contributed by atoms with E-state index in [0.717, 1.165) is 25.7 Å². The monoisotopic (exact) mass is 293 g/mol. The molecule has 3 rings (SSSR count). The average Bonchev–Trinajstić information content (AvgIpc) is 2.80. The first kappa shape index (κ1) is 13.0. The zero-order valence-electron chi connectivity index (χ0n) is 10.9. The van der Waals surface area contributed by atoms with Crippen LogP contribution in [0.15, 0.2) is 24.3 Å². The van der Waals surface area contributed by atoms with Crippen LogP contribution in [0.25, 0.3) is 25.0 Å². The number of benzene rings is 2. The highest BCUT2D eigenvalue weighted by Crippen LogP contribution is 2.40. The Balaban J connectivity index is 2.47. The molecule has 6 heteroatoms. The first-order valence-electron chi connectivity index (χ1n) is 5.98. The quantitative estimate of drug-likeness (QED) is 0.371. The minimum atomic E-state index is -0.543. The number of nitrogens with zero attached hydrogens (tertiary/aromatic N) is 3. The fourth-order valence-electron chi connectivity index (χ4n) is 2.31. The summed E-state index contributed by atoms with van der Waals surface area (Å²) < 4.78 is 1.71. The maximum atomic E-state index is 11.0. The molecule has 0 saturated heterocycles. The molecule has 3 aromatic rings. The second-order valence-corrected chi connectivity index (χ2v) is 5.67. The normalized spacial score (nSPS) is 10.4. The molecule has 0 spiro atoms. The van der Waals surface area contributed by atoms with Crippen molar-refractivity contribution in [2.75, 3.05) is 0 Å². The van der Waals surface area contributed by atoms with Crippen molar-refractivity contribution in [2.45, 2.75) is 6.92 Å². The van der Waals surface area contributed by atoms with Crippen LogP contribution < -0.4 is 0 Å². The number of nitro benzene ring substituents is 1. The lowest BCUT2D eigenvalue weighted by molar-refractivity contribution is -0.385. The molecule has 0 N–H and O–H groups in total. The molecule has 1 heterocycles. The highest BCUT2D eigenvalue weighted by molar-refractivity contribution is 7.25. The Morgan fingerprint density at radius 3 is 2.57 bits per heavy atom. The second-order valence-electron chi connectivity index (χ2n) is 4.58. The Bertz CT molecular complexity index is 1010. The summed E-state index contributed by atoms with van der Waals surface area (Å²) in [6.07, 6.45) is 0. The summed E-state index contributed by atoms with van der Waals surface area (Å²) in [5, 5.41) is 21.7. The number of hydrogen-bond donors (Lipinski definition) is 0. The molecular weight excluding hydrogens is 286 g/mol.